The molecule has 0 aromatic heterocycles. The fraction of sp³-hybridized carbons (Fsp3) is 0.360. The summed E-state index contributed by atoms with van der Waals surface area (Å²) in [6.07, 6.45) is 1.92. The van der Waals surface area contributed by atoms with Crippen LogP contribution in [0.5, 0.6) is 0 Å². The molecule has 2 aromatic rings. The Balaban J connectivity index is 1.30. The third-order valence-electron chi connectivity index (χ3n) is 6.77. The van der Waals surface area contributed by atoms with Crippen molar-refractivity contribution in [3.63, 3.8) is 0 Å². The highest BCUT2D eigenvalue weighted by atomic mass is 16.2. The lowest BCUT2D eigenvalue weighted by molar-refractivity contribution is -0.128. The minimum Gasteiger partial charge on any atom is -0.330 e. The summed E-state index contributed by atoms with van der Waals surface area (Å²) >= 11 is 0. The van der Waals surface area contributed by atoms with Crippen molar-refractivity contribution in [3.05, 3.63) is 83.1 Å². The van der Waals surface area contributed by atoms with Gasteiger partial charge in [-0.1, -0.05) is 60.7 Å². The minimum atomic E-state index is -0.379. The Hall–Kier alpha value is -3.12. The zero-order chi connectivity index (χ0) is 21.4. The molecule has 5 rings (SSSR count). The van der Waals surface area contributed by atoms with Crippen LogP contribution in [0, 0.1) is 0 Å². The van der Waals surface area contributed by atoms with Crippen LogP contribution < -0.4 is 5.32 Å². The maximum absolute atomic E-state index is 13.5. The molecule has 31 heavy (non-hydrogen) atoms. The monoisotopic (exact) mass is 416 g/mol. The van der Waals surface area contributed by atoms with E-state index in [1.165, 1.54) is 5.56 Å². The molecule has 2 aromatic carbocycles. The first-order valence-electron chi connectivity index (χ1n) is 11.0. The lowest BCUT2D eigenvalue weighted by atomic mass is 9.95. The molecule has 3 aliphatic heterocycles. The van der Waals surface area contributed by atoms with E-state index in [9.17, 15) is 9.59 Å². The lowest BCUT2D eigenvalue weighted by Crippen LogP contribution is -2.46. The van der Waals surface area contributed by atoms with Gasteiger partial charge < -0.3 is 10.2 Å². The molecule has 1 atom stereocenters. The van der Waals surface area contributed by atoms with Gasteiger partial charge in [0.1, 0.15) is 0 Å². The molecule has 1 fully saturated rings. The van der Waals surface area contributed by atoms with Gasteiger partial charge in [0, 0.05) is 32.7 Å². The van der Waals surface area contributed by atoms with E-state index in [1.54, 1.807) is 11.9 Å². The summed E-state index contributed by atoms with van der Waals surface area (Å²) in [6, 6.07) is 20.0. The largest absolute Gasteiger partial charge is 0.330 e. The summed E-state index contributed by atoms with van der Waals surface area (Å²) in [6.45, 7) is 3.42. The van der Waals surface area contributed by atoms with Crippen LogP contribution in [0.2, 0.25) is 0 Å². The predicted molar refractivity (Wildman–Crippen MR) is 119 cm³/mol. The van der Waals surface area contributed by atoms with E-state index in [1.807, 2.05) is 41.3 Å². The van der Waals surface area contributed by atoms with Crippen LogP contribution in [0.3, 0.4) is 0 Å². The number of rotatable bonds is 4. The number of carbonyl (C=O) groups is 2. The number of nitrogens with zero attached hydrogens (tertiary/aromatic N) is 3. The molecule has 6 heteroatoms. The topological polar surface area (TPSA) is 55.9 Å². The number of likely N-dealkylation sites (tertiary alicyclic amines) is 1. The van der Waals surface area contributed by atoms with Crippen LogP contribution in [-0.2, 0) is 11.3 Å². The standard InChI is InChI=1S/C25H28N4O2/c1-27-21-17-29(20-12-14-28(15-13-20)16-18-8-4-2-5-9-18)24(30)22(21)23(26-25(27)31)19-10-6-3-7-11-19/h2-11,20,23H,12-17H2,1H3,(H,26,31)/t23-/m0/s1. The Labute approximate surface area is 183 Å². The zero-order valence-electron chi connectivity index (χ0n) is 17.8. The number of amides is 3. The number of hydrogen-bond donors (Lipinski definition) is 1. The number of likely N-dealkylation sites (N-methyl/N-ethyl adjacent to an activating group) is 1. The summed E-state index contributed by atoms with van der Waals surface area (Å²) < 4.78 is 0. The van der Waals surface area contributed by atoms with E-state index in [0.29, 0.717) is 6.54 Å². The molecule has 6 nitrogen and oxygen atoms in total. The second-order valence-corrected chi connectivity index (χ2v) is 8.64. The Morgan fingerprint density at radius 2 is 1.58 bits per heavy atom. The number of hydrogen-bond acceptors (Lipinski definition) is 3. The summed E-state index contributed by atoms with van der Waals surface area (Å²) in [5, 5.41) is 3.02. The van der Waals surface area contributed by atoms with E-state index in [2.05, 4.69) is 34.5 Å². The van der Waals surface area contributed by atoms with E-state index in [-0.39, 0.29) is 24.0 Å². The van der Waals surface area contributed by atoms with Gasteiger partial charge in [-0.3, -0.25) is 14.6 Å². The van der Waals surface area contributed by atoms with Crippen molar-refractivity contribution in [1.82, 2.24) is 20.0 Å². The number of nitrogens with one attached hydrogen (secondary N) is 1. The first-order chi connectivity index (χ1) is 15.1. The van der Waals surface area contributed by atoms with Crippen molar-refractivity contribution < 1.29 is 9.59 Å². The molecule has 0 radical (unpaired) electrons. The second kappa shape index (κ2) is 8.19. The molecule has 0 unspecified atom stereocenters. The summed E-state index contributed by atoms with van der Waals surface area (Å²) in [5.74, 6) is 0.0669. The Bertz CT molecular complexity index is 997. The third-order valence-corrected chi connectivity index (χ3v) is 6.77. The van der Waals surface area contributed by atoms with Crippen molar-refractivity contribution >= 4 is 11.9 Å². The minimum absolute atomic E-state index is 0.0669. The van der Waals surface area contributed by atoms with Crippen molar-refractivity contribution in [2.24, 2.45) is 0 Å². The van der Waals surface area contributed by atoms with Crippen LogP contribution >= 0.6 is 0 Å². The molecule has 3 amide bonds. The van der Waals surface area contributed by atoms with Crippen LogP contribution in [0.1, 0.15) is 30.0 Å². The smallest absolute Gasteiger partial charge is 0.322 e. The quantitative estimate of drug-likeness (QED) is 0.833. The van der Waals surface area contributed by atoms with Crippen molar-refractivity contribution in [3.8, 4) is 0 Å². The third kappa shape index (κ3) is 3.72. The maximum atomic E-state index is 13.5. The van der Waals surface area contributed by atoms with Gasteiger partial charge in [0.25, 0.3) is 5.91 Å². The Kier molecular flexibility index (Phi) is 5.24. The number of urea groups is 1. The molecule has 0 aliphatic carbocycles. The fourth-order valence-corrected chi connectivity index (χ4v) is 5.01. The normalized spacial score (nSPS) is 22.7. The average molecular weight is 417 g/mol. The average Bonchev–Trinajstić information content (AvgIpc) is 3.15. The molecule has 1 N–H and O–H groups in total. The van der Waals surface area contributed by atoms with Crippen LogP contribution in [0.25, 0.3) is 0 Å². The number of piperidine rings is 1. The molecule has 1 saturated heterocycles. The van der Waals surface area contributed by atoms with Gasteiger partial charge in [-0.15, -0.1) is 0 Å². The van der Waals surface area contributed by atoms with Gasteiger partial charge in [-0.2, -0.15) is 0 Å². The zero-order valence-corrected chi connectivity index (χ0v) is 17.8. The molecule has 0 saturated carbocycles. The van der Waals surface area contributed by atoms with Crippen molar-refractivity contribution in [1.29, 1.82) is 0 Å². The summed E-state index contributed by atoms with van der Waals surface area (Å²) in [5.41, 5.74) is 3.84. The molecular weight excluding hydrogens is 388 g/mol. The predicted octanol–water partition coefficient (Wildman–Crippen LogP) is 3.14. The highest BCUT2D eigenvalue weighted by molar-refractivity contribution is 6.01. The highest BCUT2D eigenvalue weighted by Crippen LogP contribution is 2.37. The first kappa shape index (κ1) is 19.8. The van der Waals surface area contributed by atoms with Gasteiger partial charge in [-0.05, 0) is 24.0 Å². The summed E-state index contributed by atoms with van der Waals surface area (Å²) in [7, 11) is 1.76. The highest BCUT2D eigenvalue weighted by Gasteiger charge is 2.45. The van der Waals surface area contributed by atoms with Crippen molar-refractivity contribution in [2.45, 2.75) is 31.5 Å². The molecule has 0 bridgehead atoms. The number of carbonyl (C=O) groups excluding carboxylic acids is 2. The first-order valence-corrected chi connectivity index (χ1v) is 11.0. The second-order valence-electron chi connectivity index (χ2n) is 8.64. The summed E-state index contributed by atoms with van der Waals surface area (Å²) in [4.78, 5) is 32.2. The fourth-order valence-electron chi connectivity index (χ4n) is 5.01. The Morgan fingerprint density at radius 1 is 0.935 bits per heavy atom. The van der Waals surface area contributed by atoms with Crippen molar-refractivity contribution in [2.75, 3.05) is 26.7 Å². The molecule has 0 spiro atoms. The SMILES string of the molecule is CN1C(=O)N[C@@H](c2ccccc2)C2=C1CN(C1CCN(Cc3ccccc3)CC1)C2=O. The van der Waals surface area contributed by atoms with Gasteiger partial charge in [-0.25, -0.2) is 4.79 Å². The molecule has 3 heterocycles. The van der Waals surface area contributed by atoms with Crippen LogP contribution in [-0.4, -0.2) is 59.4 Å². The van der Waals surface area contributed by atoms with E-state index < -0.39 is 0 Å². The van der Waals surface area contributed by atoms with E-state index in [0.717, 1.165) is 49.3 Å². The van der Waals surface area contributed by atoms with Crippen LogP contribution in [0.15, 0.2) is 71.9 Å². The van der Waals surface area contributed by atoms with E-state index >= 15 is 0 Å². The van der Waals surface area contributed by atoms with Gasteiger partial charge in [0.2, 0.25) is 0 Å². The molecule has 3 aliphatic rings. The van der Waals surface area contributed by atoms with Gasteiger partial charge in [0.05, 0.1) is 23.9 Å². The van der Waals surface area contributed by atoms with E-state index in [4.69, 9.17) is 0 Å². The van der Waals surface area contributed by atoms with Gasteiger partial charge in [0.15, 0.2) is 0 Å². The molecule has 160 valence electrons. The number of benzene rings is 2. The van der Waals surface area contributed by atoms with Gasteiger partial charge >= 0.3 is 6.03 Å². The Morgan fingerprint density at radius 3 is 2.26 bits per heavy atom. The lowest BCUT2D eigenvalue weighted by Gasteiger charge is -2.37. The molecular formula is C25H28N4O2. The maximum Gasteiger partial charge on any atom is 0.322 e. The van der Waals surface area contributed by atoms with Crippen LogP contribution in [0.4, 0.5) is 4.79 Å².